The van der Waals surface area contributed by atoms with E-state index in [9.17, 15) is 4.79 Å². The average Bonchev–Trinajstić information content (AvgIpc) is 2.36. The minimum Gasteiger partial charge on any atom is -0.462 e. The lowest BCUT2D eigenvalue weighted by Gasteiger charge is -2.13. The molecule has 0 bridgehead atoms. The first-order chi connectivity index (χ1) is 9.04. The van der Waals surface area contributed by atoms with Gasteiger partial charge in [0.15, 0.2) is 0 Å². The van der Waals surface area contributed by atoms with Gasteiger partial charge < -0.3 is 20.5 Å². The van der Waals surface area contributed by atoms with Gasteiger partial charge in [-0.25, -0.2) is 4.79 Å². The predicted molar refractivity (Wildman–Crippen MR) is 76.4 cm³/mol. The van der Waals surface area contributed by atoms with Gasteiger partial charge in [0, 0.05) is 17.9 Å². The van der Waals surface area contributed by atoms with Crippen molar-refractivity contribution in [2.75, 3.05) is 30.8 Å². The summed E-state index contributed by atoms with van der Waals surface area (Å²) in [6.45, 7) is 7.26. The molecule has 0 heterocycles. The van der Waals surface area contributed by atoms with E-state index in [1.165, 1.54) is 0 Å². The number of ether oxygens (including phenoxy) is 2. The number of hydrogen-bond donors (Lipinski definition) is 2. The Kier molecular flexibility index (Phi) is 6.15. The molecule has 1 rings (SSSR count). The van der Waals surface area contributed by atoms with Crippen LogP contribution in [-0.4, -0.2) is 31.8 Å². The van der Waals surface area contributed by atoms with Crippen LogP contribution in [0.3, 0.4) is 0 Å². The number of rotatable bonds is 7. The van der Waals surface area contributed by atoms with Gasteiger partial charge in [0.05, 0.1) is 24.9 Å². The molecular weight excluding hydrogens is 244 g/mol. The molecule has 106 valence electrons. The zero-order chi connectivity index (χ0) is 14.3. The number of carbonyl (C=O) groups excluding carboxylic acids is 1. The highest BCUT2D eigenvalue weighted by atomic mass is 16.5. The van der Waals surface area contributed by atoms with Crippen molar-refractivity contribution in [3.63, 3.8) is 0 Å². The number of carbonyl (C=O) groups is 1. The van der Waals surface area contributed by atoms with Crippen molar-refractivity contribution in [3.05, 3.63) is 23.8 Å². The van der Waals surface area contributed by atoms with Crippen molar-refractivity contribution in [2.45, 2.75) is 26.9 Å². The number of hydrogen-bond acceptors (Lipinski definition) is 5. The van der Waals surface area contributed by atoms with Gasteiger partial charge in [-0.1, -0.05) is 0 Å². The van der Waals surface area contributed by atoms with E-state index in [4.69, 9.17) is 15.2 Å². The largest absolute Gasteiger partial charge is 0.462 e. The number of nitrogens with two attached hydrogens (primary N) is 1. The standard InChI is InChI=1S/C14H22N2O3/c1-4-18-14(17)12-9-11(15)5-6-13(12)16-7-8-19-10(2)3/h5-6,9-10,16H,4,7-8,15H2,1-3H3. The van der Waals surface area contributed by atoms with Crippen molar-refractivity contribution < 1.29 is 14.3 Å². The third-order valence-corrected chi connectivity index (χ3v) is 2.41. The maximum absolute atomic E-state index is 11.8. The Hall–Kier alpha value is -1.75. The molecule has 0 spiro atoms. The molecule has 1 aromatic rings. The molecule has 19 heavy (non-hydrogen) atoms. The van der Waals surface area contributed by atoms with Crippen molar-refractivity contribution in [1.29, 1.82) is 0 Å². The first-order valence-electron chi connectivity index (χ1n) is 6.46. The van der Waals surface area contributed by atoms with Crippen molar-refractivity contribution in [3.8, 4) is 0 Å². The van der Waals surface area contributed by atoms with Crippen LogP contribution in [0, 0.1) is 0 Å². The maximum Gasteiger partial charge on any atom is 0.340 e. The van der Waals surface area contributed by atoms with Crippen LogP contribution in [0.1, 0.15) is 31.1 Å². The molecular formula is C14H22N2O3. The third kappa shape index (κ3) is 5.18. The minimum atomic E-state index is -0.373. The van der Waals surface area contributed by atoms with Crippen LogP contribution in [0.5, 0.6) is 0 Å². The van der Waals surface area contributed by atoms with Crippen LogP contribution in [0.2, 0.25) is 0 Å². The summed E-state index contributed by atoms with van der Waals surface area (Å²) in [6, 6.07) is 5.13. The van der Waals surface area contributed by atoms with E-state index in [1.54, 1.807) is 25.1 Å². The molecule has 0 radical (unpaired) electrons. The first-order valence-corrected chi connectivity index (χ1v) is 6.46. The SMILES string of the molecule is CCOC(=O)c1cc(N)ccc1NCCOC(C)C. The summed E-state index contributed by atoms with van der Waals surface area (Å²) in [7, 11) is 0. The number of nitrogens with one attached hydrogen (secondary N) is 1. The number of benzene rings is 1. The summed E-state index contributed by atoms with van der Waals surface area (Å²) < 4.78 is 10.4. The molecule has 0 aliphatic rings. The van der Waals surface area contributed by atoms with Crippen LogP contribution in [0.15, 0.2) is 18.2 Å². The van der Waals surface area contributed by atoms with E-state index >= 15 is 0 Å². The van der Waals surface area contributed by atoms with Gasteiger partial charge in [-0.05, 0) is 39.0 Å². The number of esters is 1. The lowest BCUT2D eigenvalue weighted by atomic mass is 10.1. The fourth-order valence-electron chi connectivity index (χ4n) is 1.57. The monoisotopic (exact) mass is 266 g/mol. The van der Waals surface area contributed by atoms with Gasteiger partial charge >= 0.3 is 5.97 Å². The summed E-state index contributed by atoms with van der Waals surface area (Å²) in [5, 5.41) is 3.15. The van der Waals surface area contributed by atoms with Gasteiger partial charge in [0.2, 0.25) is 0 Å². The van der Waals surface area contributed by atoms with Crippen LogP contribution >= 0.6 is 0 Å². The molecule has 5 nitrogen and oxygen atoms in total. The van der Waals surface area contributed by atoms with Crippen LogP contribution in [-0.2, 0) is 9.47 Å². The quantitative estimate of drug-likeness (QED) is 0.450. The van der Waals surface area contributed by atoms with Crippen LogP contribution < -0.4 is 11.1 Å². The molecule has 1 aromatic carbocycles. The average molecular weight is 266 g/mol. The normalized spacial score (nSPS) is 10.5. The van der Waals surface area contributed by atoms with Crippen molar-refractivity contribution in [2.24, 2.45) is 0 Å². The van der Waals surface area contributed by atoms with Gasteiger partial charge in [0.25, 0.3) is 0 Å². The second-order valence-electron chi connectivity index (χ2n) is 4.37. The lowest BCUT2D eigenvalue weighted by molar-refractivity contribution is 0.0527. The third-order valence-electron chi connectivity index (χ3n) is 2.41. The zero-order valence-electron chi connectivity index (χ0n) is 11.7. The molecule has 3 N–H and O–H groups in total. The molecule has 5 heteroatoms. The van der Waals surface area contributed by atoms with E-state index < -0.39 is 0 Å². The fraction of sp³-hybridized carbons (Fsp3) is 0.500. The Labute approximate surface area is 114 Å². The maximum atomic E-state index is 11.8. The fourth-order valence-corrected chi connectivity index (χ4v) is 1.57. The topological polar surface area (TPSA) is 73.6 Å². The number of nitrogen functional groups attached to an aromatic ring is 1. The summed E-state index contributed by atoms with van der Waals surface area (Å²) in [5.41, 5.74) is 7.39. The molecule has 0 amide bonds. The second-order valence-corrected chi connectivity index (χ2v) is 4.37. The number of anilines is 2. The van der Waals surface area contributed by atoms with Gasteiger partial charge in [-0.3, -0.25) is 0 Å². The molecule has 0 fully saturated rings. The van der Waals surface area contributed by atoms with Gasteiger partial charge in [0.1, 0.15) is 0 Å². The van der Waals surface area contributed by atoms with Crippen molar-refractivity contribution in [1.82, 2.24) is 0 Å². The van der Waals surface area contributed by atoms with Crippen LogP contribution in [0.4, 0.5) is 11.4 Å². The Morgan fingerprint density at radius 1 is 1.42 bits per heavy atom. The van der Waals surface area contributed by atoms with Gasteiger partial charge in [-0.2, -0.15) is 0 Å². The van der Waals surface area contributed by atoms with Crippen molar-refractivity contribution >= 4 is 17.3 Å². The van der Waals surface area contributed by atoms with Crippen LogP contribution in [0.25, 0.3) is 0 Å². The van der Waals surface area contributed by atoms with E-state index in [0.717, 1.165) is 0 Å². The lowest BCUT2D eigenvalue weighted by Crippen LogP contribution is -2.16. The Morgan fingerprint density at radius 2 is 2.16 bits per heavy atom. The highest BCUT2D eigenvalue weighted by Gasteiger charge is 2.12. The molecule has 0 saturated heterocycles. The molecule has 0 aromatic heterocycles. The zero-order valence-corrected chi connectivity index (χ0v) is 11.7. The minimum absolute atomic E-state index is 0.192. The molecule has 0 atom stereocenters. The summed E-state index contributed by atoms with van der Waals surface area (Å²) in [5.74, 6) is -0.373. The van der Waals surface area contributed by atoms with E-state index in [-0.39, 0.29) is 12.1 Å². The molecule has 0 saturated carbocycles. The first kappa shape index (κ1) is 15.3. The van der Waals surface area contributed by atoms with E-state index in [0.29, 0.717) is 36.7 Å². The van der Waals surface area contributed by atoms with E-state index in [1.807, 2.05) is 13.8 Å². The molecule has 0 unspecified atom stereocenters. The Bertz CT molecular complexity index is 419. The summed E-state index contributed by atoms with van der Waals surface area (Å²) in [4.78, 5) is 11.8. The van der Waals surface area contributed by atoms with E-state index in [2.05, 4.69) is 5.32 Å². The smallest absolute Gasteiger partial charge is 0.340 e. The highest BCUT2D eigenvalue weighted by Crippen LogP contribution is 2.19. The summed E-state index contributed by atoms with van der Waals surface area (Å²) >= 11 is 0. The summed E-state index contributed by atoms with van der Waals surface area (Å²) in [6.07, 6.45) is 0.192. The Morgan fingerprint density at radius 3 is 2.79 bits per heavy atom. The predicted octanol–water partition coefficient (Wildman–Crippen LogP) is 2.28. The second kappa shape index (κ2) is 7.63. The van der Waals surface area contributed by atoms with Gasteiger partial charge in [-0.15, -0.1) is 0 Å². The highest BCUT2D eigenvalue weighted by molar-refractivity contribution is 5.96. The Balaban J connectivity index is 2.68. The molecule has 0 aliphatic carbocycles. The molecule has 0 aliphatic heterocycles.